The van der Waals surface area contributed by atoms with E-state index >= 15 is 0 Å². The van der Waals surface area contributed by atoms with Crippen molar-refractivity contribution in [3.63, 3.8) is 0 Å². The zero-order chi connectivity index (χ0) is 13.5. The van der Waals surface area contributed by atoms with E-state index < -0.39 is 24.6 Å². The second-order valence-corrected chi connectivity index (χ2v) is 3.37. The number of carboxylic acids is 1. The number of anilines is 1. The van der Waals surface area contributed by atoms with Crippen LogP contribution in [0.1, 0.15) is 0 Å². The number of benzene rings is 1. The number of urea groups is 1. The first-order valence-corrected chi connectivity index (χ1v) is 5.12. The van der Waals surface area contributed by atoms with Gasteiger partial charge in [-0.25, -0.2) is 9.59 Å². The van der Waals surface area contributed by atoms with Crippen molar-refractivity contribution in [2.24, 2.45) is 0 Å². The summed E-state index contributed by atoms with van der Waals surface area (Å²) in [5.74, 6) is -0.865. The number of carbonyl (C=O) groups excluding carboxylic acids is 1. The van der Waals surface area contributed by atoms with Crippen LogP contribution in [0, 0.1) is 0 Å². The summed E-state index contributed by atoms with van der Waals surface area (Å²) < 4.78 is 5.02. The molecule has 7 heteroatoms. The van der Waals surface area contributed by atoms with Gasteiger partial charge in [0.05, 0.1) is 19.4 Å². The van der Waals surface area contributed by atoms with Crippen LogP contribution in [0.2, 0.25) is 0 Å². The Balaban J connectivity index is 2.67. The van der Waals surface area contributed by atoms with Crippen LogP contribution in [-0.2, 0) is 4.79 Å². The predicted octanol–water partition coefficient (Wildman–Crippen LogP) is 0.262. The number of aliphatic hydroxyl groups is 1. The van der Waals surface area contributed by atoms with Gasteiger partial charge in [-0.3, -0.25) is 0 Å². The number of hydrogen-bond acceptors (Lipinski definition) is 4. The number of para-hydroxylation sites is 2. The van der Waals surface area contributed by atoms with Gasteiger partial charge in [0.25, 0.3) is 0 Å². The van der Waals surface area contributed by atoms with Crippen molar-refractivity contribution >= 4 is 17.7 Å². The second-order valence-electron chi connectivity index (χ2n) is 3.37. The molecule has 1 aromatic rings. The first kappa shape index (κ1) is 13.8. The molecule has 0 spiro atoms. The van der Waals surface area contributed by atoms with Gasteiger partial charge in [-0.2, -0.15) is 0 Å². The molecule has 0 aliphatic heterocycles. The Morgan fingerprint density at radius 1 is 1.39 bits per heavy atom. The summed E-state index contributed by atoms with van der Waals surface area (Å²) in [7, 11) is 1.45. The largest absolute Gasteiger partial charge is 0.495 e. The van der Waals surface area contributed by atoms with E-state index in [1.54, 1.807) is 24.3 Å². The maximum absolute atomic E-state index is 11.5. The maximum Gasteiger partial charge on any atom is 0.328 e. The number of carboxylic acid groups (broad SMARTS) is 1. The molecule has 0 unspecified atom stereocenters. The summed E-state index contributed by atoms with van der Waals surface area (Å²) in [5.41, 5.74) is 0.402. The van der Waals surface area contributed by atoms with E-state index in [0.717, 1.165) is 0 Å². The van der Waals surface area contributed by atoms with E-state index in [2.05, 4.69) is 10.6 Å². The summed E-state index contributed by atoms with van der Waals surface area (Å²) in [6.07, 6.45) is 0. The topological polar surface area (TPSA) is 108 Å². The third-order valence-electron chi connectivity index (χ3n) is 2.14. The molecule has 4 N–H and O–H groups in total. The quantitative estimate of drug-likeness (QED) is 0.603. The molecule has 0 heterocycles. The normalized spacial score (nSPS) is 11.4. The molecular formula is C11H14N2O5. The van der Waals surface area contributed by atoms with Crippen LogP contribution in [0.4, 0.5) is 10.5 Å². The molecule has 1 atom stereocenters. The number of rotatable bonds is 5. The van der Waals surface area contributed by atoms with Gasteiger partial charge in [-0.05, 0) is 12.1 Å². The van der Waals surface area contributed by atoms with Gasteiger partial charge in [0.2, 0.25) is 0 Å². The fourth-order valence-corrected chi connectivity index (χ4v) is 1.25. The van der Waals surface area contributed by atoms with Crippen molar-refractivity contribution in [2.45, 2.75) is 6.04 Å². The summed E-state index contributed by atoms with van der Waals surface area (Å²) in [4.78, 5) is 22.1. The Morgan fingerprint density at radius 3 is 2.61 bits per heavy atom. The summed E-state index contributed by atoms with van der Waals surface area (Å²) in [6, 6.07) is 4.60. The molecule has 0 bridgehead atoms. The standard InChI is InChI=1S/C11H14N2O5/c1-18-9-5-3-2-4-7(9)12-11(17)13-8(6-14)10(15)16/h2-5,8,14H,6H2,1H3,(H,15,16)(H2,12,13,17)/t8-/m1/s1. The highest BCUT2D eigenvalue weighted by atomic mass is 16.5. The van der Waals surface area contributed by atoms with Crippen LogP contribution < -0.4 is 15.4 Å². The van der Waals surface area contributed by atoms with Crippen LogP contribution in [-0.4, -0.2) is 42.0 Å². The Hall–Kier alpha value is -2.28. The highest BCUT2D eigenvalue weighted by Crippen LogP contribution is 2.22. The van der Waals surface area contributed by atoms with Crippen molar-refractivity contribution in [3.8, 4) is 5.75 Å². The van der Waals surface area contributed by atoms with Crippen LogP contribution in [0.5, 0.6) is 5.75 Å². The number of ether oxygens (including phenoxy) is 1. The summed E-state index contributed by atoms with van der Waals surface area (Å²) >= 11 is 0. The number of aliphatic hydroxyl groups excluding tert-OH is 1. The van der Waals surface area contributed by atoms with Gasteiger partial charge in [-0.1, -0.05) is 12.1 Å². The Bertz CT molecular complexity index is 435. The lowest BCUT2D eigenvalue weighted by Gasteiger charge is -2.14. The second kappa shape index (κ2) is 6.45. The lowest BCUT2D eigenvalue weighted by Crippen LogP contribution is -2.45. The fourth-order valence-electron chi connectivity index (χ4n) is 1.25. The van der Waals surface area contributed by atoms with Gasteiger partial charge in [0.1, 0.15) is 5.75 Å². The molecule has 18 heavy (non-hydrogen) atoms. The predicted molar refractivity (Wildman–Crippen MR) is 63.7 cm³/mol. The average molecular weight is 254 g/mol. The minimum atomic E-state index is -1.35. The van der Waals surface area contributed by atoms with Gasteiger partial charge >= 0.3 is 12.0 Å². The van der Waals surface area contributed by atoms with Crippen LogP contribution >= 0.6 is 0 Å². The number of carbonyl (C=O) groups is 2. The molecule has 7 nitrogen and oxygen atoms in total. The molecule has 0 fully saturated rings. The minimum absolute atomic E-state index is 0.402. The lowest BCUT2D eigenvalue weighted by molar-refractivity contribution is -0.140. The Morgan fingerprint density at radius 2 is 2.06 bits per heavy atom. The van der Waals surface area contributed by atoms with Gasteiger partial charge < -0.3 is 25.6 Å². The average Bonchev–Trinajstić information content (AvgIpc) is 2.36. The molecule has 0 aliphatic rings. The van der Waals surface area contributed by atoms with E-state index in [0.29, 0.717) is 11.4 Å². The third-order valence-corrected chi connectivity index (χ3v) is 2.14. The molecular weight excluding hydrogens is 240 g/mol. The molecule has 2 amide bonds. The number of amides is 2. The summed E-state index contributed by atoms with van der Waals surface area (Å²) in [5, 5.41) is 22.0. The number of aliphatic carboxylic acids is 1. The summed E-state index contributed by atoms with van der Waals surface area (Å²) in [6.45, 7) is -0.686. The maximum atomic E-state index is 11.5. The zero-order valence-electron chi connectivity index (χ0n) is 9.71. The van der Waals surface area contributed by atoms with Gasteiger partial charge in [0.15, 0.2) is 6.04 Å². The van der Waals surface area contributed by atoms with E-state index in [4.69, 9.17) is 14.9 Å². The van der Waals surface area contributed by atoms with E-state index in [1.165, 1.54) is 7.11 Å². The SMILES string of the molecule is COc1ccccc1NC(=O)N[C@H](CO)C(=O)O. The van der Waals surface area contributed by atoms with Crippen LogP contribution in [0.15, 0.2) is 24.3 Å². The van der Waals surface area contributed by atoms with Crippen molar-refractivity contribution in [3.05, 3.63) is 24.3 Å². The van der Waals surface area contributed by atoms with Crippen LogP contribution in [0.25, 0.3) is 0 Å². The molecule has 1 rings (SSSR count). The molecule has 0 aromatic heterocycles. The third kappa shape index (κ3) is 3.63. The monoisotopic (exact) mass is 254 g/mol. The Kier molecular flexibility index (Phi) is 4.94. The van der Waals surface area contributed by atoms with Crippen molar-refractivity contribution < 1.29 is 24.5 Å². The van der Waals surface area contributed by atoms with Crippen LogP contribution in [0.3, 0.4) is 0 Å². The minimum Gasteiger partial charge on any atom is -0.495 e. The molecule has 1 aromatic carbocycles. The number of nitrogens with one attached hydrogen (secondary N) is 2. The van der Waals surface area contributed by atoms with E-state index in [1.807, 2.05) is 0 Å². The number of hydrogen-bond donors (Lipinski definition) is 4. The smallest absolute Gasteiger partial charge is 0.328 e. The van der Waals surface area contributed by atoms with Crippen molar-refractivity contribution in [1.29, 1.82) is 0 Å². The highest BCUT2D eigenvalue weighted by Gasteiger charge is 2.19. The first-order chi connectivity index (χ1) is 8.58. The molecule has 0 saturated heterocycles. The first-order valence-electron chi connectivity index (χ1n) is 5.12. The molecule has 0 saturated carbocycles. The molecule has 98 valence electrons. The molecule has 0 aliphatic carbocycles. The van der Waals surface area contributed by atoms with Crippen molar-refractivity contribution in [1.82, 2.24) is 5.32 Å². The van der Waals surface area contributed by atoms with E-state index in [9.17, 15) is 9.59 Å². The van der Waals surface area contributed by atoms with E-state index in [-0.39, 0.29) is 0 Å². The lowest BCUT2D eigenvalue weighted by atomic mass is 10.3. The zero-order valence-corrected chi connectivity index (χ0v) is 9.71. The Labute approximate surface area is 103 Å². The highest BCUT2D eigenvalue weighted by molar-refractivity contribution is 5.93. The van der Waals surface area contributed by atoms with Gasteiger partial charge in [0, 0.05) is 0 Å². The molecule has 0 radical (unpaired) electrons. The van der Waals surface area contributed by atoms with Gasteiger partial charge in [-0.15, -0.1) is 0 Å². The van der Waals surface area contributed by atoms with Crippen molar-refractivity contribution in [2.75, 3.05) is 19.0 Å². The fraction of sp³-hybridized carbons (Fsp3) is 0.273. The number of methoxy groups -OCH3 is 1.